The summed E-state index contributed by atoms with van der Waals surface area (Å²) < 4.78 is 74.7. The SMILES string of the molecule is Cc1cn(C2CC(N=[N+]=[N-])C(CO)O2)c(=O)[nH]c1=O.O=C1N(C(F)(F)F)c2ccccc2C(F)(F)N1C#CC1CC1. The van der Waals surface area contributed by atoms with Crippen LogP contribution in [0.1, 0.15) is 36.6 Å². The van der Waals surface area contributed by atoms with Crippen LogP contribution in [0.15, 0.2) is 45.2 Å². The number of urea groups is 1. The summed E-state index contributed by atoms with van der Waals surface area (Å²) >= 11 is 0. The second-order valence-electron chi connectivity index (χ2n) is 9.31. The average Bonchev–Trinajstić information content (AvgIpc) is 3.64. The number of rotatable bonds is 3. The van der Waals surface area contributed by atoms with Gasteiger partial charge in [0.15, 0.2) is 0 Å². The number of aliphatic hydroxyl groups excluding tert-OH is 1. The smallest absolute Gasteiger partial charge is 0.394 e. The van der Waals surface area contributed by atoms with Gasteiger partial charge in [0.05, 0.1) is 30.0 Å². The minimum Gasteiger partial charge on any atom is -0.394 e. The van der Waals surface area contributed by atoms with Crippen molar-refractivity contribution < 1.29 is 36.6 Å². The summed E-state index contributed by atoms with van der Waals surface area (Å²) in [5.74, 6) is 2.26. The van der Waals surface area contributed by atoms with Gasteiger partial charge >= 0.3 is 24.1 Å². The average molecular weight is 583 g/mol. The van der Waals surface area contributed by atoms with Gasteiger partial charge in [-0.05, 0) is 37.4 Å². The van der Waals surface area contributed by atoms with Crippen LogP contribution >= 0.6 is 0 Å². The van der Waals surface area contributed by atoms with E-state index in [-0.39, 0.29) is 23.8 Å². The van der Waals surface area contributed by atoms with Gasteiger partial charge < -0.3 is 9.84 Å². The van der Waals surface area contributed by atoms with Gasteiger partial charge in [0.25, 0.3) is 5.56 Å². The molecule has 17 heteroatoms. The van der Waals surface area contributed by atoms with Gasteiger partial charge in [0.1, 0.15) is 6.23 Å². The lowest BCUT2D eigenvalue weighted by Gasteiger charge is -2.39. The number of anilines is 1. The fourth-order valence-corrected chi connectivity index (χ4v) is 4.15. The van der Waals surface area contributed by atoms with Crippen molar-refractivity contribution in [3.63, 3.8) is 0 Å². The highest BCUT2D eigenvalue weighted by molar-refractivity contribution is 5.97. The van der Waals surface area contributed by atoms with Crippen LogP contribution in [0, 0.1) is 24.8 Å². The number of ether oxygens (including phenoxy) is 1. The molecule has 3 atom stereocenters. The number of carbonyl (C=O) groups is 1. The molecule has 0 radical (unpaired) electrons. The number of carbonyl (C=O) groups excluding carboxylic acids is 1. The Labute approximate surface area is 227 Å². The highest BCUT2D eigenvalue weighted by Gasteiger charge is 2.57. The second-order valence-corrected chi connectivity index (χ2v) is 9.31. The summed E-state index contributed by atoms with van der Waals surface area (Å²) in [6.07, 6.45) is -3.40. The normalized spacial score (nSPS) is 23.0. The number of nitrogens with zero attached hydrogens (tertiary/aromatic N) is 6. The molecule has 1 aromatic heterocycles. The van der Waals surface area contributed by atoms with Crippen molar-refractivity contribution >= 4 is 11.7 Å². The van der Waals surface area contributed by atoms with Crippen LogP contribution in [0.3, 0.4) is 0 Å². The molecule has 1 aliphatic carbocycles. The third-order valence-electron chi connectivity index (χ3n) is 6.38. The summed E-state index contributed by atoms with van der Waals surface area (Å²) in [5, 5.41) is 12.7. The molecule has 2 amide bonds. The van der Waals surface area contributed by atoms with E-state index >= 15 is 0 Å². The molecule has 1 saturated carbocycles. The maximum Gasteiger partial charge on any atom is 0.493 e. The lowest BCUT2D eigenvalue weighted by atomic mass is 10.1. The lowest BCUT2D eigenvalue weighted by Crippen LogP contribution is -2.57. The van der Waals surface area contributed by atoms with Crippen LogP contribution in [-0.4, -0.2) is 50.6 Å². The van der Waals surface area contributed by atoms with E-state index in [1.54, 1.807) is 6.92 Å². The van der Waals surface area contributed by atoms with Crippen molar-refractivity contribution in [1.82, 2.24) is 14.5 Å². The molecule has 3 aliphatic rings. The van der Waals surface area contributed by atoms with E-state index in [9.17, 15) is 36.3 Å². The number of aliphatic hydroxyl groups is 1. The Hall–Kier alpha value is -4.39. The molecule has 41 heavy (non-hydrogen) atoms. The Morgan fingerprint density at radius 3 is 2.54 bits per heavy atom. The van der Waals surface area contributed by atoms with Gasteiger partial charge in [-0.25, -0.2) is 14.5 Å². The quantitative estimate of drug-likeness (QED) is 0.141. The second kappa shape index (κ2) is 11.2. The molecule has 2 aliphatic heterocycles. The molecule has 2 fully saturated rings. The van der Waals surface area contributed by atoms with E-state index in [0.717, 1.165) is 18.2 Å². The van der Waals surface area contributed by atoms with Crippen LogP contribution in [0.4, 0.5) is 32.4 Å². The maximum atomic E-state index is 14.4. The standard InChI is InChI=1S/C14H9F5N2O.C10H13N5O4/c15-13(16)10-3-1-2-4-11(10)21(14(17,18)19)12(22)20(13)8-7-9-5-6-9;1-5-3-15(10(18)12-9(5)17)8-2-6(13-14-11)7(4-16)19-8/h1-4,9H,5-6H2;3,6-8,16H,2,4H2,1H3,(H,12,17,18). The molecule has 1 saturated heterocycles. The molecular formula is C24H22F5N7O5. The Morgan fingerprint density at radius 1 is 1.24 bits per heavy atom. The van der Waals surface area contributed by atoms with Gasteiger partial charge in [0, 0.05) is 35.1 Å². The minimum absolute atomic E-state index is 0.139. The van der Waals surface area contributed by atoms with Crippen LogP contribution in [-0.2, 0) is 10.8 Å². The van der Waals surface area contributed by atoms with E-state index in [0.29, 0.717) is 18.4 Å². The number of fused-ring (bicyclic) bond motifs is 1. The molecule has 0 spiro atoms. The summed E-state index contributed by atoms with van der Waals surface area (Å²) in [6.45, 7) is 1.26. The van der Waals surface area contributed by atoms with Gasteiger partial charge in [0.2, 0.25) is 0 Å². The maximum absolute atomic E-state index is 14.4. The first-order valence-corrected chi connectivity index (χ1v) is 12.1. The Balaban J connectivity index is 0.000000191. The number of H-pyrrole nitrogens is 1. The van der Waals surface area contributed by atoms with Crippen molar-refractivity contribution in [2.24, 2.45) is 11.0 Å². The van der Waals surface area contributed by atoms with Crippen LogP contribution in [0.25, 0.3) is 10.4 Å². The van der Waals surface area contributed by atoms with Crippen molar-refractivity contribution in [1.29, 1.82) is 0 Å². The Bertz CT molecular complexity index is 1550. The predicted molar refractivity (Wildman–Crippen MR) is 131 cm³/mol. The minimum atomic E-state index is -5.12. The molecule has 3 heterocycles. The van der Waals surface area contributed by atoms with E-state index in [1.807, 2.05) is 6.04 Å². The molecule has 218 valence electrons. The first kappa shape index (κ1) is 29.6. The molecule has 5 rings (SSSR count). The molecule has 12 nitrogen and oxygen atoms in total. The first-order valence-electron chi connectivity index (χ1n) is 12.1. The van der Waals surface area contributed by atoms with Gasteiger partial charge in [-0.2, -0.15) is 13.7 Å². The van der Waals surface area contributed by atoms with E-state index in [2.05, 4.69) is 20.9 Å². The number of aromatic nitrogens is 2. The van der Waals surface area contributed by atoms with E-state index in [1.165, 1.54) is 16.8 Å². The van der Waals surface area contributed by atoms with E-state index < -0.39 is 64.2 Å². The number of hydrogen-bond acceptors (Lipinski definition) is 6. The summed E-state index contributed by atoms with van der Waals surface area (Å²) in [5.41, 5.74) is 5.97. The van der Waals surface area contributed by atoms with Crippen LogP contribution in [0.5, 0.6) is 0 Å². The number of azide groups is 1. The van der Waals surface area contributed by atoms with Crippen molar-refractivity contribution in [3.8, 4) is 12.0 Å². The fourth-order valence-electron chi connectivity index (χ4n) is 4.15. The van der Waals surface area contributed by atoms with Crippen LogP contribution in [0.2, 0.25) is 0 Å². The first-order chi connectivity index (χ1) is 19.3. The summed E-state index contributed by atoms with van der Waals surface area (Å²) in [6, 6.07) is -0.421. The van der Waals surface area contributed by atoms with Crippen molar-refractivity contribution in [3.05, 3.63) is 72.9 Å². The van der Waals surface area contributed by atoms with E-state index in [4.69, 9.17) is 15.4 Å². The third kappa shape index (κ3) is 6.04. The topological polar surface area (TPSA) is 157 Å². The Kier molecular flexibility index (Phi) is 8.11. The zero-order valence-corrected chi connectivity index (χ0v) is 21.2. The zero-order chi connectivity index (χ0) is 30.1. The number of halogens is 5. The Morgan fingerprint density at radius 2 is 1.93 bits per heavy atom. The van der Waals surface area contributed by atoms with Crippen molar-refractivity contribution in [2.45, 2.75) is 56.9 Å². The number of alkyl halides is 5. The lowest BCUT2D eigenvalue weighted by molar-refractivity contribution is -0.141. The number of para-hydroxylation sites is 1. The highest BCUT2D eigenvalue weighted by atomic mass is 19.4. The fraction of sp³-hybridized carbons (Fsp3) is 0.458. The van der Waals surface area contributed by atoms with Crippen LogP contribution < -0.4 is 16.1 Å². The largest absolute Gasteiger partial charge is 0.493 e. The molecule has 1 aromatic carbocycles. The zero-order valence-electron chi connectivity index (χ0n) is 21.2. The number of aryl methyl sites for hydroxylation is 1. The van der Waals surface area contributed by atoms with Crippen molar-refractivity contribution in [2.75, 3.05) is 11.5 Å². The number of aromatic amines is 1. The highest BCUT2D eigenvalue weighted by Crippen LogP contribution is 2.46. The molecular weight excluding hydrogens is 561 g/mol. The summed E-state index contributed by atoms with van der Waals surface area (Å²) in [4.78, 5) is 38.8. The molecule has 3 unspecified atom stereocenters. The monoisotopic (exact) mass is 583 g/mol. The summed E-state index contributed by atoms with van der Waals surface area (Å²) in [7, 11) is 0. The molecule has 2 aromatic rings. The predicted octanol–water partition coefficient (Wildman–Crippen LogP) is 3.67. The number of benzene rings is 1. The third-order valence-corrected chi connectivity index (χ3v) is 6.38. The van der Waals surface area contributed by atoms with Gasteiger partial charge in [-0.3, -0.25) is 14.3 Å². The number of nitrogens with one attached hydrogen (secondary N) is 1. The molecule has 0 bridgehead atoms. The molecule has 2 N–H and O–H groups in total. The number of amides is 2. The van der Waals surface area contributed by atoms with Gasteiger partial charge in [-0.1, -0.05) is 23.2 Å². The van der Waals surface area contributed by atoms with Gasteiger partial charge in [-0.15, -0.1) is 13.2 Å². The number of hydrogen-bond donors (Lipinski definition) is 2.